The van der Waals surface area contributed by atoms with Gasteiger partial charge in [-0.1, -0.05) is 29.3 Å². The number of allylic oxidation sites excluding steroid dienone is 3. The van der Waals surface area contributed by atoms with Gasteiger partial charge in [-0.3, -0.25) is 4.39 Å². The third kappa shape index (κ3) is 4.60. The van der Waals surface area contributed by atoms with Crippen molar-refractivity contribution in [3.05, 3.63) is 57.4 Å². The average molecular weight is 464 g/mol. The number of unbranched alkanes of at least 4 members (excludes halogenated alkanes) is 1. The number of hydrogen-bond donors (Lipinski definition) is 2. The number of nitrogens with zero attached hydrogens (tertiary/aromatic N) is 3. The van der Waals surface area contributed by atoms with Crippen LogP contribution in [-0.4, -0.2) is 34.2 Å². The minimum Gasteiger partial charge on any atom is -0.493 e. The molecule has 0 unspecified atom stereocenters. The second-order valence-corrected chi connectivity index (χ2v) is 7.97. The van der Waals surface area contributed by atoms with E-state index in [1.54, 1.807) is 17.0 Å². The molecule has 0 saturated heterocycles. The van der Waals surface area contributed by atoms with Gasteiger partial charge in [-0.15, -0.1) is 0 Å². The highest BCUT2D eigenvalue weighted by Crippen LogP contribution is 2.42. The molecule has 0 bridgehead atoms. The number of carbonyl (C=O) groups is 1. The number of anilines is 1. The summed E-state index contributed by atoms with van der Waals surface area (Å²) in [6.07, 6.45) is 6.41. The molecular formula is C21H20Cl2FN5O2. The predicted molar refractivity (Wildman–Crippen MR) is 118 cm³/mol. The maximum atomic E-state index is 12.6. The molecule has 2 aliphatic rings. The molecule has 4 rings (SSSR count). The van der Waals surface area contributed by atoms with Crippen LogP contribution in [0.25, 0.3) is 11.3 Å². The Labute approximate surface area is 188 Å². The van der Waals surface area contributed by atoms with Crippen LogP contribution in [0, 0.1) is 0 Å². The van der Waals surface area contributed by atoms with Gasteiger partial charge in [-0.25, -0.2) is 14.8 Å². The monoisotopic (exact) mass is 463 g/mol. The Morgan fingerprint density at radius 2 is 2.06 bits per heavy atom. The summed E-state index contributed by atoms with van der Waals surface area (Å²) in [5.41, 5.74) is 9.09. The van der Waals surface area contributed by atoms with E-state index in [2.05, 4.69) is 15.3 Å². The van der Waals surface area contributed by atoms with Gasteiger partial charge in [0.25, 0.3) is 0 Å². The summed E-state index contributed by atoms with van der Waals surface area (Å²) in [4.78, 5) is 22.9. The number of rotatable bonds is 7. The lowest BCUT2D eigenvalue weighted by Gasteiger charge is -2.18. The van der Waals surface area contributed by atoms with Crippen LogP contribution in [0.3, 0.4) is 0 Å². The van der Waals surface area contributed by atoms with E-state index in [1.807, 2.05) is 18.2 Å². The van der Waals surface area contributed by atoms with Gasteiger partial charge in [-0.05, 0) is 37.1 Å². The van der Waals surface area contributed by atoms with E-state index in [-0.39, 0.29) is 25.1 Å². The summed E-state index contributed by atoms with van der Waals surface area (Å²) in [6.45, 7) is 0.463. The van der Waals surface area contributed by atoms with Crippen LogP contribution in [0.2, 0.25) is 10.0 Å². The number of hydrogen-bond acceptors (Lipinski definition) is 5. The average Bonchev–Trinajstić information content (AvgIpc) is 3.11. The van der Waals surface area contributed by atoms with E-state index < -0.39 is 6.67 Å². The Bertz CT molecular complexity index is 1090. The number of alkyl halides is 1. The molecule has 0 spiro atoms. The number of ether oxygens (including phenoxy) is 1. The van der Waals surface area contributed by atoms with Crippen LogP contribution in [0.4, 0.5) is 15.1 Å². The lowest BCUT2D eigenvalue weighted by atomic mass is 10.0. The number of nitrogen functional groups attached to an aromatic ring is 1. The molecule has 0 fully saturated rings. The molecular weight excluding hydrogens is 444 g/mol. The van der Waals surface area contributed by atoms with Gasteiger partial charge in [0.2, 0.25) is 5.95 Å². The first-order valence-electron chi connectivity index (χ1n) is 9.74. The van der Waals surface area contributed by atoms with E-state index in [9.17, 15) is 9.18 Å². The number of fused-ring (bicyclic) bond motifs is 1. The van der Waals surface area contributed by atoms with Crippen LogP contribution in [0.1, 0.15) is 24.1 Å². The molecule has 3 N–H and O–H groups in total. The van der Waals surface area contributed by atoms with Crippen molar-refractivity contribution in [2.24, 2.45) is 0 Å². The number of carbonyl (C=O) groups excluding carboxylic acids is 1. The molecule has 1 aliphatic carbocycles. The van der Waals surface area contributed by atoms with Gasteiger partial charge in [0.15, 0.2) is 0 Å². The molecule has 1 aromatic heterocycles. The topological polar surface area (TPSA) is 93.4 Å². The predicted octanol–water partition coefficient (Wildman–Crippen LogP) is 4.64. The smallest absolute Gasteiger partial charge is 0.322 e. The third-order valence-electron chi connectivity index (χ3n) is 4.93. The van der Waals surface area contributed by atoms with Gasteiger partial charge in [-0.2, -0.15) is 0 Å². The largest absolute Gasteiger partial charge is 0.493 e. The quantitative estimate of drug-likeness (QED) is 0.583. The first-order chi connectivity index (χ1) is 15.0. The number of urea groups is 1. The molecule has 2 heterocycles. The highest BCUT2D eigenvalue weighted by molar-refractivity contribution is 6.37. The molecule has 0 atom stereocenters. The summed E-state index contributed by atoms with van der Waals surface area (Å²) < 4.78 is 18.3. The lowest BCUT2D eigenvalue weighted by molar-refractivity contribution is 0.201. The van der Waals surface area contributed by atoms with Crippen LogP contribution < -0.4 is 15.8 Å². The van der Waals surface area contributed by atoms with Crippen molar-refractivity contribution >= 4 is 35.2 Å². The number of aromatic nitrogens is 2. The SMILES string of the molecule is Nc1nc2c(c(-c3c(Cl)cc(Cl)cc3OCCCCF)n1)CN(C(=O)NC1=CC=C1)C2. The van der Waals surface area contributed by atoms with E-state index in [0.29, 0.717) is 52.2 Å². The van der Waals surface area contributed by atoms with Crippen molar-refractivity contribution in [2.75, 3.05) is 19.0 Å². The molecule has 1 aliphatic heterocycles. The molecule has 0 saturated carbocycles. The molecule has 31 heavy (non-hydrogen) atoms. The van der Waals surface area contributed by atoms with Crippen molar-refractivity contribution < 1.29 is 13.9 Å². The zero-order chi connectivity index (χ0) is 22.0. The van der Waals surface area contributed by atoms with Crippen molar-refractivity contribution in [3.63, 3.8) is 0 Å². The van der Waals surface area contributed by atoms with Gasteiger partial charge in [0.1, 0.15) is 5.75 Å². The fourth-order valence-electron chi connectivity index (χ4n) is 3.37. The first-order valence-corrected chi connectivity index (χ1v) is 10.5. The Balaban J connectivity index is 1.66. The first kappa shape index (κ1) is 21.4. The summed E-state index contributed by atoms with van der Waals surface area (Å²) in [7, 11) is 0. The van der Waals surface area contributed by atoms with Crippen molar-refractivity contribution in [3.8, 4) is 17.0 Å². The lowest BCUT2D eigenvalue weighted by Crippen LogP contribution is -2.36. The maximum Gasteiger partial charge on any atom is 0.322 e. The van der Waals surface area contributed by atoms with Crippen LogP contribution in [0.5, 0.6) is 5.75 Å². The second kappa shape index (κ2) is 9.11. The molecule has 10 heteroatoms. The summed E-state index contributed by atoms with van der Waals surface area (Å²) in [5, 5.41) is 3.55. The van der Waals surface area contributed by atoms with Gasteiger partial charge in [0.05, 0.1) is 48.3 Å². The van der Waals surface area contributed by atoms with Gasteiger partial charge < -0.3 is 20.7 Å². The standard InChI is InChI=1S/C21H20Cl2FN5O2/c22-12-8-15(23)18(17(9-12)31-7-2-1-6-24)19-14-10-29(11-16(14)27-20(25)28-19)21(30)26-13-4-3-5-13/h3-5,8-9H,1-2,6-7,10-11H2,(H,26,30)(H2,25,27,28). The number of amides is 2. The Kier molecular flexibility index (Phi) is 6.29. The molecule has 1 aromatic carbocycles. The van der Waals surface area contributed by atoms with Crippen molar-refractivity contribution in [2.45, 2.75) is 25.9 Å². The fourth-order valence-corrected chi connectivity index (χ4v) is 3.94. The number of halogens is 3. The fraction of sp³-hybridized carbons (Fsp3) is 0.286. The van der Waals surface area contributed by atoms with Crippen LogP contribution in [0.15, 0.2) is 36.1 Å². The molecule has 2 amide bonds. The second-order valence-electron chi connectivity index (χ2n) is 7.13. The van der Waals surface area contributed by atoms with Crippen LogP contribution >= 0.6 is 23.2 Å². The Hall–Kier alpha value is -2.84. The van der Waals surface area contributed by atoms with Crippen molar-refractivity contribution in [1.29, 1.82) is 0 Å². The van der Waals surface area contributed by atoms with E-state index in [0.717, 1.165) is 11.3 Å². The molecule has 2 aromatic rings. The van der Waals surface area contributed by atoms with Crippen molar-refractivity contribution in [1.82, 2.24) is 20.2 Å². The minimum atomic E-state index is -0.410. The zero-order valence-electron chi connectivity index (χ0n) is 16.5. The summed E-state index contributed by atoms with van der Waals surface area (Å²) in [5.74, 6) is 0.486. The van der Waals surface area contributed by atoms with Gasteiger partial charge in [0, 0.05) is 16.3 Å². The molecule has 0 radical (unpaired) electrons. The zero-order valence-corrected chi connectivity index (χ0v) is 18.0. The summed E-state index contributed by atoms with van der Waals surface area (Å²) >= 11 is 12.7. The summed E-state index contributed by atoms with van der Waals surface area (Å²) in [6, 6.07) is 2.98. The number of nitrogens with one attached hydrogen (secondary N) is 1. The maximum absolute atomic E-state index is 12.6. The highest BCUT2D eigenvalue weighted by Gasteiger charge is 2.31. The van der Waals surface area contributed by atoms with Gasteiger partial charge >= 0.3 is 6.03 Å². The van der Waals surface area contributed by atoms with Crippen LogP contribution in [-0.2, 0) is 13.1 Å². The Morgan fingerprint density at radius 1 is 1.26 bits per heavy atom. The molecule has 7 nitrogen and oxygen atoms in total. The minimum absolute atomic E-state index is 0.0649. The highest BCUT2D eigenvalue weighted by atomic mass is 35.5. The van der Waals surface area contributed by atoms with E-state index in [4.69, 9.17) is 33.7 Å². The Morgan fingerprint density at radius 3 is 2.77 bits per heavy atom. The number of nitrogens with two attached hydrogens (primary N) is 1. The normalized spacial score (nSPS) is 14.2. The molecule has 162 valence electrons. The third-order valence-corrected chi connectivity index (χ3v) is 5.45. The number of benzene rings is 1. The van der Waals surface area contributed by atoms with E-state index >= 15 is 0 Å². The van der Waals surface area contributed by atoms with E-state index in [1.165, 1.54) is 0 Å².